The highest BCUT2D eigenvalue weighted by Gasteiger charge is 2.32. The summed E-state index contributed by atoms with van der Waals surface area (Å²) in [5.74, 6) is -0.662. The molecule has 2 aromatic rings. The molecule has 0 fully saturated rings. The molecule has 0 radical (unpaired) electrons. The molecule has 0 saturated heterocycles. The average Bonchev–Trinajstić information content (AvgIpc) is 2.76. The smallest absolute Gasteiger partial charge is 0.347 e. The van der Waals surface area contributed by atoms with Crippen LogP contribution in [0.2, 0.25) is 0 Å². The molecule has 1 N–H and O–H groups in total. The Morgan fingerprint density at radius 3 is 2.31 bits per heavy atom. The zero-order chi connectivity index (χ0) is 19.2. The van der Waals surface area contributed by atoms with Gasteiger partial charge < -0.3 is 24.1 Å². The highest BCUT2D eigenvalue weighted by Crippen LogP contribution is 2.48. The fourth-order valence-electron chi connectivity index (χ4n) is 2.96. The van der Waals surface area contributed by atoms with Crippen molar-refractivity contribution >= 4 is 11.9 Å². The van der Waals surface area contributed by atoms with E-state index >= 15 is 0 Å². The van der Waals surface area contributed by atoms with Gasteiger partial charge in [-0.25, -0.2) is 9.59 Å². The summed E-state index contributed by atoms with van der Waals surface area (Å²) in [6.45, 7) is 4.84. The van der Waals surface area contributed by atoms with Gasteiger partial charge in [-0.15, -0.1) is 0 Å². The molecule has 0 saturated carbocycles. The SMILES string of the molecule is COC(=O)c1c(C)c2c(c(C)c1O)OC(=O)c1c(C)cc(OC)cc1O2. The van der Waals surface area contributed by atoms with Crippen molar-refractivity contribution in [1.82, 2.24) is 0 Å². The summed E-state index contributed by atoms with van der Waals surface area (Å²) in [7, 11) is 2.72. The molecule has 0 aromatic heterocycles. The molecule has 0 spiro atoms. The number of fused-ring (bicyclic) bond motifs is 2. The van der Waals surface area contributed by atoms with E-state index in [-0.39, 0.29) is 39.7 Å². The van der Waals surface area contributed by atoms with Gasteiger partial charge in [-0.3, -0.25) is 0 Å². The van der Waals surface area contributed by atoms with Crippen LogP contribution in [0.1, 0.15) is 37.4 Å². The van der Waals surface area contributed by atoms with Crippen molar-refractivity contribution in [3.63, 3.8) is 0 Å². The Hall–Kier alpha value is -3.22. The molecule has 2 aromatic carbocycles. The van der Waals surface area contributed by atoms with E-state index in [0.717, 1.165) is 0 Å². The molecular formula is C19H18O7. The third-order valence-corrected chi connectivity index (χ3v) is 4.36. The first-order valence-electron chi connectivity index (χ1n) is 7.83. The zero-order valence-corrected chi connectivity index (χ0v) is 15.1. The number of hydrogen-bond donors (Lipinski definition) is 1. The molecule has 7 heteroatoms. The fourth-order valence-corrected chi connectivity index (χ4v) is 2.96. The van der Waals surface area contributed by atoms with Gasteiger partial charge in [0.15, 0.2) is 11.5 Å². The first-order chi connectivity index (χ1) is 12.3. The number of phenols is 1. The Kier molecular flexibility index (Phi) is 4.23. The molecule has 0 bridgehead atoms. The molecule has 0 atom stereocenters. The van der Waals surface area contributed by atoms with Crippen molar-refractivity contribution in [3.8, 4) is 28.7 Å². The summed E-state index contributed by atoms with van der Waals surface area (Å²) in [6.07, 6.45) is 0. The van der Waals surface area contributed by atoms with Crippen LogP contribution < -0.4 is 14.2 Å². The summed E-state index contributed by atoms with van der Waals surface area (Å²) in [4.78, 5) is 24.7. The van der Waals surface area contributed by atoms with Crippen LogP contribution >= 0.6 is 0 Å². The number of rotatable bonds is 2. The number of carbonyl (C=O) groups excluding carboxylic acids is 2. The summed E-state index contributed by atoms with van der Waals surface area (Å²) in [6, 6.07) is 3.26. The zero-order valence-electron chi connectivity index (χ0n) is 15.1. The lowest BCUT2D eigenvalue weighted by Gasteiger charge is -2.17. The molecular weight excluding hydrogens is 340 g/mol. The van der Waals surface area contributed by atoms with Crippen molar-refractivity contribution in [2.45, 2.75) is 20.8 Å². The quantitative estimate of drug-likeness (QED) is 0.649. The van der Waals surface area contributed by atoms with Gasteiger partial charge in [0.1, 0.15) is 28.4 Å². The maximum atomic E-state index is 12.6. The number of carbonyl (C=O) groups is 2. The summed E-state index contributed by atoms with van der Waals surface area (Å²) >= 11 is 0. The number of esters is 2. The van der Waals surface area contributed by atoms with Crippen molar-refractivity contribution in [2.24, 2.45) is 0 Å². The van der Waals surface area contributed by atoms with Crippen molar-refractivity contribution in [1.29, 1.82) is 0 Å². The monoisotopic (exact) mass is 358 g/mol. The van der Waals surface area contributed by atoms with Crippen LogP contribution in [0, 0.1) is 20.8 Å². The molecule has 136 valence electrons. The molecule has 1 aliphatic heterocycles. The molecule has 26 heavy (non-hydrogen) atoms. The fraction of sp³-hybridized carbons (Fsp3) is 0.263. The minimum Gasteiger partial charge on any atom is -0.507 e. The maximum Gasteiger partial charge on any atom is 0.347 e. The van der Waals surface area contributed by atoms with E-state index in [2.05, 4.69) is 0 Å². The van der Waals surface area contributed by atoms with Crippen LogP contribution in [0.15, 0.2) is 12.1 Å². The van der Waals surface area contributed by atoms with E-state index in [4.69, 9.17) is 18.9 Å². The van der Waals surface area contributed by atoms with Gasteiger partial charge in [0.05, 0.1) is 14.2 Å². The molecule has 1 aliphatic rings. The van der Waals surface area contributed by atoms with E-state index < -0.39 is 11.9 Å². The highest BCUT2D eigenvalue weighted by molar-refractivity contribution is 6.00. The Bertz CT molecular complexity index is 944. The van der Waals surface area contributed by atoms with Crippen molar-refractivity contribution < 1.29 is 33.6 Å². The summed E-state index contributed by atoms with van der Waals surface area (Å²) in [5.41, 5.74) is 1.33. The normalized spacial score (nSPS) is 12.3. The third-order valence-electron chi connectivity index (χ3n) is 4.36. The number of phenolic OH excluding ortho intramolecular Hbond substituents is 1. The lowest BCUT2D eigenvalue weighted by molar-refractivity contribution is 0.0596. The second kappa shape index (κ2) is 6.25. The van der Waals surface area contributed by atoms with Crippen LogP contribution in [-0.2, 0) is 4.74 Å². The first kappa shape index (κ1) is 17.6. The summed E-state index contributed by atoms with van der Waals surface area (Å²) in [5, 5.41) is 10.4. The Labute approximate surface area is 150 Å². The number of aromatic hydroxyl groups is 1. The van der Waals surface area contributed by atoms with Gasteiger partial charge in [-0.2, -0.15) is 0 Å². The van der Waals surface area contributed by atoms with Crippen LogP contribution in [-0.4, -0.2) is 31.3 Å². The minimum absolute atomic E-state index is 0.0390. The van der Waals surface area contributed by atoms with Crippen molar-refractivity contribution in [3.05, 3.63) is 39.9 Å². The van der Waals surface area contributed by atoms with E-state index in [0.29, 0.717) is 16.9 Å². The lowest BCUT2D eigenvalue weighted by Crippen LogP contribution is -2.11. The standard InChI is InChI=1S/C19H18O7/c1-8-6-11(23-4)7-12-13(8)19(22)26-17-10(3)15(20)14(18(21)24-5)9(2)16(17)25-12/h6-7,20H,1-5H3. The Morgan fingerprint density at radius 1 is 1.04 bits per heavy atom. The van der Waals surface area contributed by atoms with E-state index in [1.54, 1.807) is 26.0 Å². The third kappa shape index (κ3) is 2.52. The number of ether oxygens (including phenoxy) is 4. The van der Waals surface area contributed by atoms with Crippen LogP contribution in [0.3, 0.4) is 0 Å². The van der Waals surface area contributed by atoms with Crippen LogP contribution in [0.4, 0.5) is 0 Å². The molecule has 0 unspecified atom stereocenters. The van der Waals surface area contributed by atoms with Gasteiger partial charge >= 0.3 is 11.9 Å². The van der Waals surface area contributed by atoms with Gasteiger partial charge in [-0.1, -0.05) is 0 Å². The largest absolute Gasteiger partial charge is 0.507 e. The molecule has 0 amide bonds. The van der Waals surface area contributed by atoms with Crippen LogP contribution in [0.5, 0.6) is 28.7 Å². The van der Waals surface area contributed by atoms with Gasteiger partial charge in [-0.05, 0) is 32.4 Å². The minimum atomic E-state index is -0.716. The van der Waals surface area contributed by atoms with E-state index in [1.807, 2.05) is 0 Å². The van der Waals surface area contributed by atoms with E-state index in [9.17, 15) is 14.7 Å². The Morgan fingerprint density at radius 2 is 1.69 bits per heavy atom. The van der Waals surface area contributed by atoms with Gasteiger partial charge in [0.25, 0.3) is 0 Å². The molecule has 7 nitrogen and oxygen atoms in total. The number of hydrogen-bond acceptors (Lipinski definition) is 7. The predicted octanol–water partition coefficient (Wildman–Crippen LogP) is 3.44. The Balaban J connectivity index is 2.31. The first-order valence-corrected chi connectivity index (χ1v) is 7.83. The number of methoxy groups -OCH3 is 2. The second-order valence-electron chi connectivity index (χ2n) is 5.93. The van der Waals surface area contributed by atoms with E-state index in [1.165, 1.54) is 21.1 Å². The molecule has 1 heterocycles. The predicted molar refractivity (Wildman–Crippen MR) is 91.7 cm³/mol. The van der Waals surface area contributed by atoms with Gasteiger partial charge in [0.2, 0.25) is 0 Å². The number of aryl methyl sites for hydroxylation is 1. The van der Waals surface area contributed by atoms with Crippen molar-refractivity contribution in [2.75, 3.05) is 14.2 Å². The van der Waals surface area contributed by atoms with Gasteiger partial charge in [0, 0.05) is 17.2 Å². The number of benzene rings is 2. The lowest BCUT2D eigenvalue weighted by atomic mass is 10.0. The molecule has 0 aliphatic carbocycles. The highest BCUT2D eigenvalue weighted by atomic mass is 16.6. The summed E-state index contributed by atoms with van der Waals surface area (Å²) < 4.78 is 21.4. The maximum absolute atomic E-state index is 12.6. The topological polar surface area (TPSA) is 91.3 Å². The average molecular weight is 358 g/mol. The van der Waals surface area contributed by atoms with Crippen LogP contribution in [0.25, 0.3) is 0 Å². The second-order valence-corrected chi connectivity index (χ2v) is 5.93. The molecule has 3 rings (SSSR count).